The molecule has 2 aromatic heterocycles. The Morgan fingerprint density at radius 1 is 1.13 bits per heavy atom. The highest BCUT2D eigenvalue weighted by molar-refractivity contribution is 5.79. The Balaban J connectivity index is 1.38. The van der Waals surface area contributed by atoms with Crippen LogP contribution in [0.4, 0.5) is 5.69 Å². The molecule has 2 N–H and O–H groups in total. The van der Waals surface area contributed by atoms with Crippen molar-refractivity contribution < 1.29 is 4.79 Å². The molecule has 0 aliphatic carbocycles. The number of anilines is 1. The fourth-order valence-electron chi connectivity index (χ4n) is 2.32. The van der Waals surface area contributed by atoms with Crippen LogP contribution in [0.15, 0.2) is 55.0 Å². The summed E-state index contributed by atoms with van der Waals surface area (Å²) in [7, 11) is 0. The first kappa shape index (κ1) is 15.0. The van der Waals surface area contributed by atoms with Crippen LogP contribution < -0.4 is 10.6 Å². The molecule has 6 nitrogen and oxygen atoms in total. The Morgan fingerprint density at radius 2 is 2.04 bits per heavy atom. The molecular formula is C17H19N5O. The lowest BCUT2D eigenvalue weighted by Gasteiger charge is -2.07. The third-order valence-electron chi connectivity index (χ3n) is 3.43. The molecule has 3 rings (SSSR count). The number of carbonyl (C=O) groups is 1. The Labute approximate surface area is 134 Å². The van der Waals surface area contributed by atoms with Crippen LogP contribution in [0.1, 0.15) is 6.42 Å². The van der Waals surface area contributed by atoms with E-state index in [0.717, 1.165) is 29.6 Å². The van der Waals surface area contributed by atoms with Crippen LogP contribution in [0.2, 0.25) is 0 Å². The van der Waals surface area contributed by atoms with Gasteiger partial charge in [-0.05, 0) is 24.6 Å². The van der Waals surface area contributed by atoms with Gasteiger partial charge >= 0.3 is 0 Å². The SMILES string of the molecule is O=C(Cn1cc2ccccc2n1)NCCCNc1cccnc1. The van der Waals surface area contributed by atoms with Crippen LogP contribution >= 0.6 is 0 Å². The molecule has 0 saturated carbocycles. The molecule has 0 aliphatic heterocycles. The van der Waals surface area contributed by atoms with E-state index in [1.54, 1.807) is 17.1 Å². The summed E-state index contributed by atoms with van der Waals surface area (Å²) in [6.07, 6.45) is 6.26. The van der Waals surface area contributed by atoms with Gasteiger partial charge in [-0.15, -0.1) is 0 Å². The van der Waals surface area contributed by atoms with Crippen molar-refractivity contribution in [2.75, 3.05) is 18.4 Å². The molecule has 2 heterocycles. The fourth-order valence-corrected chi connectivity index (χ4v) is 2.32. The monoisotopic (exact) mass is 309 g/mol. The van der Waals surface area contributed by atoms with Crippen molar-refractivity contribution in [3.63, 3.8) is 0 Å². The predicted molar refractivity (Wildman–Crippen MR) is 90.1 cm³/mol. The van der Waals surface area contributed by atoms with Crippen LogP contribution in [0.3, 0.4) is 0 Å². The fraction of sp³-hybridized carbons (Fsp3) is 0.235. The number of fused-ring (bicyclic) bond motifs is 1. The number of rotatable bonds is 7. The van der Waals surface area contributed by atoms with E-state index in [-0.39, 0.29) is 12.5 Å². The van der Waals surface area contributed by atoms with E-state index in [1.165, 1.54) is 0 Å². The van der Waals surface area contributed by atoms with E-state index >= 15 is 0 Å². The lowest BCUT2D eigenvalue weighted by Crippen LogP contribution is -2.29. The topological polar surface area (TPSA) is 71.8 Å². The molecule has 0 atom stereocenters. The molecule has 0 bridgehead atoms. The van der Waals surface area contributed by atoms with Gasteiger partial charge in [0.1, 0.15) is 6.54 Å². The molecule has 3 aromatic rings. The molecule has 23 heavy (non-hydrogen) atoms. The van der Waals surface area contributed by atoms with Crippen molar-refractivity contribution in [1.82, 2.24) is 20.1 Å². The highest BCUT2D eigenvalue weighted by Gasteiger charge is 2.04. The van der Waals surface area contributed by atoms with Crippen molar-refractivity contribution >= 4 is 22.5 Å². The number of benzene rings is 1. The molecule has 6 heteroatoms. The predicted octanol–water partition coefficient (Wildman–Crippen LogP) is 2.05. The summed E-state index contributed by atoms with van der Waals surface area (Å²) in [6.45, 7) is 1.66. The van der Waals surface area contributed by atoms with Crippen molar-refractivity contribution in [3.05, 3.63) is 55.0 Å². The van der Waals surface area contributed by atoms with Crippen LogP contribution in [0.5, 0.6) is 0 Å². The number of hydrogen-bond donors (Lipinski definition) is 2. The van der Waals surface area contributed by atoms with Gasteiger partial charge in [0.25, 0.3) is 0 Å². The number of nitrogens with zero attached hydrogens (tertiary/aromatic N) is 3. The summed E-state index contributed by atoms with van der Waals surface area (Å²) in [5.41, 5.74) is 1.89. The third kappa shape index (κ3) is 4.29. The Bertz CT molecular complexity index is 736. The van der Waals surface area contributed by atoms with E-state index in [2.05, 4.69) is 20.7 Å². The maximum absolute atomic E-state index is 11.9. The minimum atomic E-state index is -0.0285. The van der Waals surface area contributed by atoms with Crippen LogP contribution in [0, 0.1) is 0 Å². The average molecular weight is 309 g/mol. The number of carbonyl (C=O) groups excluding carboxylic acids is 1. The number of hydrogen-bond acceptors (Lipinski definition) is 4. The molecule has 0 unspecified atom stereocenters. The summed E-state index contributed by atoms with van der Waals surface area (Å²) in [4.78, 5) is 16.0. The quantitative estimate of drug-likeness (QED) is 0.655. The Morgan fingerprint density at radius 3 is 2.87 bits per heavy atom. The van der Waals surface area contributed by atoms with Crippen molar-refractivity contribution in [2.24, 2.45) is 0 Å². The average Bonchev–Trinajstić information content (AvgIpc) is 2.97. The summed E-state index contributed by atoms with van der Waals surface area (Å²) in [6, 6.07) is 11.7. The third-order valence-corrected chi connectivity index (χ3v) is 3.43. The largest absolute Gasteiger partial charge is 0.384 e. The smallest absolute Gasteiger partial charge is 0.241 e. The lowest BCUT2D eigenvalue weighted by molar-refractivity contribution is -0.121. The maximum Gasteiger partial charge on any atom is 0.241 e. The zero-order chi connectivity index (χ0) is 15.9. The van der Waals surface area contributed by atoms with Crippen molar-refractivity contribution in [2.45, 2.75) is 13.0 Å². The second kappa shape index (κ2) is 7.40. The van der Waals surface area contributed by atoms with Crippen molar-refractivity contribution in [1.29, 1.82) is 0 Å². The van der Waals surface area contributed by atoms with Gasteiger partial charge in [0.05, 0.1) is 11.2 Å². The molecule has 118 valence electrons. The van der Waals surface area contributed by atoms with Gasteiger partial charge in [-0.2, -0.15) is 5.10 Å². The standard InChI is InChI=1S/C17H19N5O/c23-17(13-22-12-14-5-1-2-7-16(14)21-22)20-10-4-9-19-15-6-3-8-18-11-15/h1-3,5-8,11-12,19H,4,9-10,13H2,(H,20,23). The number of aromatic nitrogens is 3. The number of pyridine rings is 1. The lowest BCUT2D eigenvalue weighted by atomic mass is 10.3. The summed E-state index contributed by atoms with van der Waals surface area (Å²) in [5.74, 6) is -0.0285. The first-order chi connectivity index (χ1) is 11.3. The van der Waals surface area contributed by atoms with Gasteiger partial charge in [0.15, 0.2) is 0 Å². The van der Waals surface area contributed by atoms with E-state index in [0.29, 0.717) is 6.54 Å². The molecule has 0 fully saturated rings. The molecule has 0 radical (unpaired) electrons. The first-order valence-corrected chi connectivity index (χ1v) is 7.64. The minimum Gasteiger partial charge on any atom is -0.384 e. The van der Waals surface area contributed by atoms with Gasteiger partial charge < -0.3 is 10.6 Å². The zero-order valence-electron chi connectivity index (χ0n) is 12.8. The van der Waals surface area contributed by atoms with Gasteiger partial charge in [0, 0.05) is 37.1 Å². The molecule has 0 aliphatic rings. The second-order valence-corrected chi connectivity index (χ2v) is 5.26. The molecular weight excluding hydrogens is 290 g/mol. The highest BCUT2D eigenvalue weighted by Crippen LogP contribution is 2.10. The highest BCUT2D eigenvalue weighted by atomic mass is 16.2. The van der Waals surface area contributed by atoms with Crippen LogP contribution in [-0.2, 0) is 11.3 Å². The normalized spacial score (nSPS) is 10.6. The molecule has 1 aromatic carbocycles. The summed E-state index contributed by atoms with van der Waals surface area (Å²) >= 11 is 0. The summed E-state index contributed by atoms with van der Waals surface area (Å²) < 4.78 is 1.67. The van der Waals surface area contributed by atoms with E-state index < -0.39 is 0 Å². The van der Waals surface area contributed by atoms with E-state index in [9.17, 15) is 4.79 Å². The molecule has 0 spiro atoms. The van der Waals surface area contributed by atoms with E-state index in [1.807, 2.05) is 42.6 Å². The van der Waals surface area contributed by atoms with Crippen LogP contribution in [0.25, 0.3) is 10.9 Å². The van der Waals surface area contributed by atoms with E-state index in [4.69, 9.17) is 0 Å². The molecule has 1 amide bonds. The first-order valence-electron chi connectivity index (χ1n) is 7.64. The minimum absolute atomic E-state index is 0.0285. The van der Waals surface area contributed by atoms with Crippen molar-refractivity contribution in [3.8, 4) is 0 Å². The van der Waals surface area contributed by atoms with Gasteiger partial charge in [-0.3, -0.25) is 14.5 Å². The molecule has 0 saturated heterocycles. The van der Waals surface area contributed by atoms with Gasteiger partial charge in [-0.25, -0.2) is 0 Å². The van der Waals surface area contributed by atoms with Gasteiger partial charge in [0.2, 0.25) is 5.91 Å². The summed E-state index contributed by atoms with van der Waals surface area (Å²) in [5, 5.41) is 11.6. The number of nitrogens with one attached hydrogen (secondary N) is 2. The zero-order valence-corrected chi connectivity index (χ0v) is 12.8. The second-order valence-electron chi connectivity index (χ2n) is 5.26. The van der Waals surface area contributed by atoms with Gasteiger partial charge in [-0.1, -0.05) is 18.2 Å². The maximum atomic E-state index is 11.9. The van der Waals surface area contributed by atoms with Crippen LogP contribution in [-0.4, -0.2) is 33.8 Å². The number of amides is 1. The Hall–Kier alpha value is -2.89. The Kier molecular flexibility index (Phi) is 4.83.